The van der Waals surface area contributed by atoms with Crippen molar-refractivity contribution in [1.82, 2.24) is 40.3 Å². The lowest BCUT2D eigenvalue weighted by atomic mass is 9.84. The van der Waals surface area contributed by atoms with Crippen LogP contribution in [0.1, 0.15) is 127 Å². The van der Waals surface area contributed by atoms with Crippen molar-refractivity contribution in [2.45, 2.75) is 153 Å². The molecule has 6 rings (SSSR count). The number of nitrogens with one attached hydrogen (secondary N) is 3. The number of nitrogens with zero attached hydrogens (tertiary/aromatic N) is 6. The second kappa shape index (κ2) is 25.6. The van der Waals surface area contributed by atoms with E-state index in [2.05, 4.69) is 56.7 Å². The van der Waals surface area contributed by atoms with Gasteiger partial charge in [0.05, 0.1) is 35.1 Å². The van der Waals surface area contributed by atoms with E-state index >= 15 is 0 Å². The SMILES string of the molecule is CC(C)N(C)[C@@H]1CC[C@H](N2CC[C@H](Nc3ncnc4ccc(C(F)(F)F)cc34)C2=O)[C@H](NC(=O)COCCCCCCCCCOCCCCCNC(=O)[C@H]2CC(=O)N(C)[C@@H]2c2cccnc2)C1. The fourth-order valence-electron chi connectivity index (χ4n) is 9.90. The topological polar surface area (TPSA) is 171 Å². The number of carbonyl (C=O) groups excluding carboxylic acids is 4. The average Bonchev–Trinajstić information content (AvgIpc) is 3.84. The average molecular weight is 952 g/mol. The van der Waals surface area contributed by atoms with Gasteiger partial charge in [-0.1, -0.05) is 38.2 Å². The zero-order valence-electron chi connectivity index (χ0n) is 40.3. The third kappa shape index (κ3) is 14.5. The second-order valence-electron chi connectivity index (χ2n) is 19.0. The van der Waals surface area contributed by atoms with Crippen LogP contribution in [0.3, 0.4) is 0 Å². The number of unbranched alkanes of at least 4 members (excludes halogenated alkanes) is 8. The van der Waals surface area contributed by atoms with Gasteiger partial charge in [0, 0.05) is 76.2 Å². The van der Waals surface area contributed by atoms with E-state index in [0.29, 0.717) is 57.1 Å². The van der Waals surface area contributed by atoms with Crippen LogP contribution < -0.4 is 16.0 Å². The van der Waals surface area contributed by atoms with Gasteiger partial charge in [-0.05, 0) is 109 Å². The Hall–Kier alpha value is -4.94. The highest BCUT2D eigenvalue weighted by atomic mass is 19.4. The quantitative estimate of drug-likeness (QED) is 0.0704. The fourth-order valence-corrected chi connectivity index (χ4v) is 9.90. The summed E-state index contributed by atoms with van der Waals surface area (Å²) in [6, 6.07) is 6.08. The van der Waals surface area contributed by atoms with Crippen molar-refractivity contribution in [1.29, 1.82) is 0 Å². The van der Waals surface area contributed by atoms with Gasteiger partial charge in [-0.3, -0.25) is 24.2 Å². The summed E-state index contributed by atoms with van der Waals surface area (Å²) in [5, 5.41) is 9.55. The monoisotopic (exact) mass is 952 g/mol. The first-order valence-corrected chi connectivity index (χ1v) is 24.7. The fraction of sp³-hybridized carbons (Fsp3) is 0.660. The summed E-state index contributed by atoms with van der Waals surface area (Å²) in [4.78, 5) is 70.8. The van der Waals surface area contributed by atoms with Crippen LogP contribution in [-0.4, -0.2) is 137 Å². The van der Waals surface area contributed by atoms with Crippen molar-refractivity contribution in [3.63, 3.8) is 0 Å². The number of alkyl halides is 3. The van der Waals surface area contributed by atoms with E-state index in [1.807, 2.05) is 17.0 Å². The van der Waals surface area contributed by atoms with Gasteiger partial charge < -0.3 is 40.1 Å². The number of amides is 4. The summed E-state index contributed by atoms with van der Waals surface area (Å²) in [5.74, 6) is -0.729. The minimum Gasteiger partial charge on any atom is -0.381 e. The smallest absolute Gasteiger partial charge is 0.381 e. The van der Waals surface area contributed by atoms with Crippen molar-refractivity contribution in [3.05, 3.63) is 60.2 Å². The maximum absolute atomic E-state index is 13.9. The van der Waals surface area contributed by atoms with Crippen LogP contribution in [0.15, 0.2) is 49.1 Å². The van der Waals surface area contributed by atoms with Crippen molar-refractivity contribution >= 4 is 40.3 Å². The first-order valence-electron chi connectivity index (χ1n) is 24.7. The van der Waals surface area contributed by atoms with Crippen molar-refractivity contribution < 1.29 is 41.8 Å². The molecule has 0 spiro atoms. The molecule has 4 amide bonds. The lowest BCUT2D eigenvalue weighted by Crippen LogP contribution is -2.59. The predicted molar refractivity (Wildman–Crippen MR) is 253 cm³/mol. The molecule has 374 valence electrons. The molecule has 4 heterocycles. The minimum atomic E-state index is -4.53. The molecule has 3 N–H and O–H groups in total. The van der Waals surface area contributed by atoms with Gasteiger partial charge in [0.1, 0.15) is 24.8 Å². The van der Waals surface area contributed by atoms with Gasteiger partial charge in [-0.2, -0.15) is 13.2 Å². The molecule has 15 nitrogen and oxygen atoms in total. The number of rotatable bonds is 26. The summed E-state index contributed by atoms with van der Waals surface area (Å²) < 4.78 is 52.3. The highest BCUT2D eigenvalue weighted by Crippen LogP contribution is 2.37. The number of aromatic nitrogens is 3. The van der Waals surface area contributed by atoms with Crippen molar-refractivity contribution in [2.24, 2.45) is 5.92 Å². The van der Waals surface area contributed by atoms with Crippen LogP contribution in [-0.2, 0) is 34.8 Å². The molecule has 1 aromatic carbocycles. The molecule has 6 atom stereocenters. The van der Waals surface area contributed by atoms with E-state index in [1.165, 1.54) is 12.4 Å². The predicted octanol–water partition coefficient (Wildman–Crippen LogP) is 7.07. The molecule has 3 aliphatic rings. The largest absolute Gasteiger partial charge is 0.416 e. The van der Waals surface area contributed by atoms with Gasteiger partial charge in [-0.15, -0.1) is 0 Å². The Morgan fingerprint density at radius 2 is 1.62 bits per heavy atom. The zero-order chi connectivity index (χ0) is 48.6. The van der Waals surface area contributed by atoms with E-state index < -0.39 is 23.7 Å². The normalized spacial score (nSPS) is 22.2. The van der Waals surface area contributed by atoms with Crippen LogP contribution >= 0.6 is 0 Å². The molecule has 1 aliphatic carbocycles. The number of likely N-dealkylation sites (tertiary alicyclic amines) is 2. The number of halogens is 3. The van der Waals surface area contributed by atoms with Crippen LogP contribution in [0, 0.1) is 5.92 Å². The zero-order valence-corrected chi connectivity index (χ0v) is 40.3. The van der Waals surface area contributed by atoms with Gasteiger partial charge in [0.15, 0.2) is 0 Å². The van der Waals surface area contributed by atoms with Gasteiger partial charge in [0.25, 0.3) is 0 Å². The van der Waals surface area contributed by atoms with E-state index in [1.54, 1.807) is 24.3 Å². The maximum Gasteiger partial charge on any atom is 0.416 e. The Kier molecular flexibility index (Phi) is 19.7. The number of benzene rings is 1. The molecule has 18 heteroatoms. The van der Waals surface area contributed by atoms with Crippen LogP contribution in [0.25, 0.3) is 10.9 Å². The highest BCUT2D eigenvalue weighted by molar-refractivity contribution is 5.93. The standard InChI is InChI=1S/C50H72F3N9O6/c1-34(2)60(3)37-18-20-43(62-24-21-41(49(62)66)59-47-38-28-36(50(51,52)53)17-19-40(38)56-33-57-47)42(29-37)58-44(63)32-68-27-13-9-7-5-6-8-12-25-67-26-14-10-11-23-55-48(65)39-30-45(64)61(4)46(39)35-16-15-22-54-31-35/h15-17,19,22,28,31,33-34,37,39,41-43,46H,5-14,18,20-21,23-27,29-30,32H2,1-4H3,(H,55,65)(H,58,63)(H,56,57,59)/t37-,39+,41+,42-,43+,46-/m1/s1. The first kappa shape index (κ1) is 52.4. The van der Waals surface area contributed by atoms with E-state index in [4.69, 9.17) is 9.47 Å². The third-order valence-electron chi connectivity index (χ3n) is 14.0. The summed E-state index contributed by atoms with van der Waals surface area (Å²) in [5.41, 5.74) is 0.404. The number of carbonyl (C=O) groups is 4. The summed E-state index contributed by atoms with van der Waals surface area (Å²) in [6.07, 6.45) is 13.2. The molecular weight excluding hydrogens is 880 g/mol. The number of hydrogen-bond acceptors (Lipinski definition) is 11. The molecule has 2 aliphatic heterocycles. The molecule has 68 heavy (non-hydrogen) atoms. The Bertz CT molecular complexity index is 2100. The molecule has 0 unspecified atom stereocenters. The summed E-state index contributed by atoms with van der Waals surface area (Å²) in [6.45, 7) is 7.19. The van der Waals surface area contributed by atoms with Crippen LogP contribution in [0.2, 0.25) is 0 Å². The summed E-state index contributed by atoms with van der Waals surface area (Å²) in [7, 11) is 3.83. The van der Waals surface area contributed by atoms with Gasteiger partial charge >= 0.3 is 6.18 Å². The number of anilines is 1. The number of hydrogen-bond donors (Lipinski definition) is 3. The van der Waals surface area contributed by atoms with Crippen molar-refractivity contribution in [3.8, 4) is 0 Å². The molecule has 0 bridgehead atoms. The molecule has 2 aromatic heterocycles. The molecule has 1 saturated carbocycles. The molecule has 3 aromatic rings. The molecule has 2 saturated heterocycles. The van der Waals surface area contributed by atoms with E-state index in [-0.39, 0.29) is 72.0 Å². The highest BCUT2D eigenvalue weighted by Gasteiger charge is 2.44. The van der Waals surface area contributed by atoms with Crippen molar-refractivity contribution in [2.75, 3.05) is 58.9 Å². The lowest BCUT2D eigenvalue weighted by molar-refractivity contribution is -0.137. The number of fused-ring (bicyclic) bond motifs is 1. The van der Waals surface area contributed by atoms with E-state index in [9.17, 15) is 32.3 Å². The Morgan fingerprint density at radius 3 is 2.31 bits per heavy atom. The van der Waals surface area contributed by atoms with E-state index in [0.717, 1.165) is 94.9 Å². The maximum atomic E-state index is 13.9. The molecule has 3 fully saturated rings. The summed E-state index contributed by atoms with van der Waals surface area (Å²) >= 11 is 0. The Morgan fingerprint density at radius 1 is 0.912 bits per heavy atom. The Labute approximate surface area is 399 Å². The first-order chi connectivity index (χ1) is 32.7. The molecular formula is C50H72F3N9O6. The molecule has 0 radical (unpaired) electrons. The Balaban J connectivity index is 0.808. The number of ether oxygens (including phenoxy) is 2. The van der Waals surface area contributed by atoms with Crippen LogP contribution in [0.4, 0.5) is 19.0 Å². The third-order valence-corrected chi connectivity index (χ3v) is 14.0. The van der Waals surface area contributed by atoms with Gasteiger partial charge in [0.2, 0.25) is 23.6 Å². The number of pyridine rings is 1. The van der Waals surface area contributed by atoms with Crippen LogP contribution in [0.5, 0.6) is 0 Å². The lowest BCUT2D eigenvalue weighted by Gasteiger charge is -2.44. The second-order valence-corrected chi connectivity index (χ2v) is 19.0. The van der Waals surface area contributed by atoms with Gasteiger partial charge in [-0.25, -0.2) is 9.97 Å². The minimum absolute atomic E-state index is 0.0305.